The van der Waals surface area contributed by atoms with Crippen LogP contribution in [0, 0.1) is 0 Å². The van der Waals surface area contributed by atoms with Gasteiger partial charge in [-0.05, 0) is 51.0 Å². The van der Waals surface area contributed by atoms with E-state index in [0.29, 0.717) is 43.5 Å². The molecule has 2 aromatic heterocycles. The minimum Gasteiger partial charge on any atom is -0.497 e. The van der Waals surface area contributed by atoms with Crippen molar-refractivity contribution in [1.82, 2.24) is 20.4 Å². The maximum Gasteiger partial charge on any atom is 0.283 e. The van der Waals surface area contributed by atoms with E-state index in [4.69, 9.17) is 15.3 Å². The normalized spacial score (nSPS) is 16.2. The zero-order chi connectivity index (χ0) is 30.7. The number of pyridine rings is 1. The zero-order valence-electron chi connectivity index (χ0n) is 24.9. The monoisotopic (exact) mass is 590 g/mol. The molecule has 2 aliphatic rings. The van der Waals surface area contributed by atoms with Crippen LogP contribution in [0.1, 0.15) is 59.9 Å². The van der Waals surface area contributed by atoms with Gasteiger partial charge in [-0.2, -0.15) is 0 Å². The summed E-state index contributed by atoms with van der Waals surface area (Å²) in [6.45, 7) is 5.79. The van der Waals surface area contributed by atoms with E-state index in [1.165, 1.54) is 6.33 Å². The number of aliphatic hydroxyl groups excluding tert-OH is 1. The van der Waals surface area contributed by atoms with Crippen molar-refractivity contribution < 1.29 is 24.2 Å². The molecule has 4 heterocycles. The summed E-state index contributed by atoms with van der Waals surface area (Å²) in [4.78, 5) is 43.8. The Bertz CT molecular complexity index is 1510. The van der Waals surface area contributed by atoms with Crippen LogP contribution in [0.5, 0.6) is 11.5 Å². The third-order valence-corrected chi connectivity index (χ3v) is 8.19. The number of carbonyl (C=O) groups excluding carboxylic acids is 2. The van der Waals surface area contributed by atoms with Gasteiger partial charge in [0.1, 0.15) is 35.2 Å². The standard InChI is InChI=1S/C30H38N8O5/c1-30(2)24-26(33-17-34-27(24)38(29(30)41)16-19-5-6-20(42-3)15-23(19)43-4)37-12-9-18(10-13-37)25-21(32-11-14-39)7-8-22(35-25)28(40)36-31/h5-8,15,17-18,32,39H,9-14,16,31H2,1-4H3,(H,36,40). The summed E-state index contributed by atoms with van der Waals surface area (Å²) in [5.74, 6) is 7.52. The van der Waals surface area contributed by atoms with E-state index < -0.39 is 11.3 Å². The molecule has 0 atom stereocenters. The Labute approximate surface area is 250 Å². The maximum atomic E-state index is 13.8. The van der Waals surface area contributed by atoms with Gasteiger partial charge in [-0.15, -0.1) is 0 Å². The topological polar surface area (TPSA) is 168 Å². The van der Waals surface area contributed by atoms with Crippen molar-refractivity contribution in [2.45, 2.75) is 44.6 Å². The molecular formula is C30H38N8O5. The number of nitrogens with zero attached hydrogens (tertiary/aromatic N) is 5. The molecule has 3 aromatic rings. The Morgan fingerprint density at radius 3 is 2.53 bits per heavy atom. The van der Waals surface area contributed by atoms with Gasteiger partial charge in [0.15, 0.2) is 0 Å². The molecule has 0 aliphatic carbocycles. The van der Waals surface area contributed by atoms with Crippen LogP contribution in [-0.4, -0.2) is 72.3 Å². The number of benzene rings is 1. The number of hydrazine groups is 1. The highest BCUT2D eigenvalue weighted by Crippen LogP contribution is 2.46. The van der Waals surface area contributed by atoms with Gasteiger partial charge < -0.3 is 24.8 Å². The molecular weight excluding hydrogens is 552 g/mol. The number of methoxy groups -OCH3 is 2. The zero-order valence-corrected chi connectivity index (χ0v) is 24.9. The largest absolute Gasteiger partial charge is 0.497 e. The number of piperidine rings is 1. The van der Waals surface area contributed by atoms with Gasteiger partial charge in [-0.3, -0.25) is 19.9 Å². The van der Waals surface area contributed by atoms with Crippen LogP contribution >= 0.6 is 0 Å². The number of anilines is 3. The van der Waals surface area contributed by atoms with Crippen molar-refractivity contribution in [2.75, 3.05) is 55.6 Å². The van der Waals surface area contributed by atoms with E-state index in [1.807, 2.05) is 26.0 Å². The Morgan fingerprint density at radius 2 is 1.86 bits per heavy atom. The number of hydrogen-bond acceptors (Lipinski definition) is 11. The van der Waals surface area contributed by atoms with Crippen LogP contribution in [0.4, 0.5) is 17.3 Å². The lowest BCUT2D eigenvalue weighted by Gasteiger charge is -2.35. The minimum atomic E-state index is -0.838. The lowest BCUT2D eigenvalue weighted by Crippen LogP contribution is -2.38. The summed E-state index contributed by atoms with van der Waals surface area (Å²) in [5, 5.41) is 12.5. The second-order valence-electron chi connectivity index (χ2n) is 11.1. The molecule has 1 fully saturated rings. The van der Waals surface area contributed by atoms with Crippen LogP contribution in [0.25, 0.3) is 0 Å². The summed E-state index contributed by atoms with van der Waals surface area (Å²) in [6, 6.07) is 8.95. The quantitative estimate of drug-likeness (QED) is 0.155. The molecule has 2 amide bonds. The van der Waals surface area contributed by atoms with Gasteiger partial charge in [0, 0.05) is 37.2 Å². The van der Waals surface area contributed by atoms with Crippen molar-refractivity contribution >= 4 is 29.1 Å². The predicted octanol–water partition coefficient (Wildman–Crippen LogP) is 2.10. The van der Waals surface area contributed by atoms with E-state index in [2.05, 4.69) is 30.6 Å². The lowest BCUT2D eigenvalue weighted by molar-refractivity contribution is -0.122. The fourth-order valence-electron chi connectivity index (χ4n) is 5.90. The average molecular weight is 591 g/mol. The Balaban J connectivity index is 1.41. The number of ether oxygens (including phenoxy) is 2. The van der Waals surface area contributed by atoms with E-state index in [0.717, 1.165) is 41.2 Å². The number of carbonyl (C=O) groups is 2. The summed E-state index contributed by atoms with van der Waals surface area (Å²) in [7, 11) is 3.19. The average Bonchev–Trinajstić information content (AvgIpc) is 3.23. The van der Waals surface area contributed by atoms with E-state index in [1.54, 1.807) is 37.3 Å². The van der Waals surface area contributed by atoms with E-state index in [9.17, 15) is 14.7 Å². The number of fused-ring (bicyclic) bond motifs is 1. The summed E-state index contributed by atoms with van der Waals surface area (Å²) >= 11 is 0. The molecule has 1 aromatic carbocycles. The number of amides is 2. The van der Waals surface area contributed by atoms with Gasteiger partial charge >= 0.3 is 0 Å². The van der Waals surface area contributed by atoms with Crippen molar-refractivity contribution in [3.8, 4) is 11.5 Å². The van der Waals surface area contributed by atoms with Gasteiger partial charge in [-0.25, -0.2) is 20.8 Å². The second kappa shape index (κ2) is 12.4. The molecule has 43 heavy (non-hydrogen) atoms. The number of aliphatic hydroxyl groups is 1. The molecule has 5 N–H and O–H groups in total. The minimum absolute atomic E-state index is 0.0293. The van der Waals surface area contributed by atoms with E-state index >= 15 is 0 Å². The fourth-order valence-corrected chi connectivity index (χ4v) is 5.90. The first-order valence-corrected chi connectivity index (χ1v) is 14.2. The Morgan fingerprint density at radius 1 is 1.12 bits per heavy atom. The van der Waals surface area contributed by atoms with Gasteiger partial charge in [0.2, 0.25) is 5.91 Å². The molecule has 5 rings (SSSR count). The van der Waals surface area contributed by atoms with Crippen LogP contribution in [0.15, 0.2) is 36.7 Å². The number of aromatic nitrogens is 3. The fraction of sp³-hybridized carbons (Fsp3) is 0.433. The first-order valence-electron chi connectivity index (χ1n) is 14.2. The van der Waals surface area contributed by atoms with Crippen molar-refractivity contribution in [3.05, 3.63) is 59.2 Å². The molecule has 13 nitrogen and oxygen atoms in total. The molecule has 13 heteroatoms. The number of hydrogen-bond donors (Lipinski definition) is 4. The van der Waals surface area contributed by atoms with Gasteiger partial charge in [0.25, 0.3) is 5.91 Å². The molecule has 228 valence electrons. The summed E-state index contributed by atoms with van der Waals surface area (Å²) in [5.41, 5.74) is 4.71. The van der Waals surface area contributed by atoms with Crippen LogP contribution in [0.2, 0.25) is 0 Å². The first kappa shape index (κ1) is 30.0. The molecule has 0 radical (unpaired) electrons. The third-order valence-electron chi connectivity index (χ3n) is 8.19. The first-order chi connectivity index (χ1) is 20.7. The Hall–Kier alpha value is -4.49. The summed E-state index contributed by atoms with van der Waals surface area (Å²) in [6.07, 6.45) is 3.00. The van der Waals surface area contributed by atoms with E-state index in [-0.39, 0.29) is 24.1 Å². The molecule has 2 aliphatic heterocycles. The summed E-state index contributed by atoms with van der Waals surface area (Å²) < 4.78 is 10.9. The predicted molar refractivity (Wildman–Crippen MR) is 161 cm³/mol. The number of nitrogens with one attached hydrogen (secondary N) is 2. The number of rotatable bonds is 10. The molecule has 0 unspecified atom stereocenters. The molecule has 0 bridgehead atoms. The highest BCUT2D eigenvalue weighted by atomic mass is 16.5. The van der Waals surface area contributed by atoms with Crippen LogP contribution in [-0.2, 0) is 16.8 Å². The highest BCUT2D eigenvalue weighted by Gasteiger charge is 2.48. The Kier molecular flexibility index (Phi) is 8.64. The maximum absolute atomic E-state index is 13.8. The number of nitrogen functional groups attached to an aromatic ring is 1. The lowest BCUT2D eigenvalue weighted by atomic mass is 9.86. The van der Waals surface area contributed by atoms with Crippen molar-refractivity contribution in [3.63, 3.8) is 0 Å². The number of nitrogens with two attached hydrogens (primary N) is 1. The smallest absolute Gasteiger partial charge is 0.283 e. The van der Waals surface area contributed by atoms with Crippen molar-refractivity contribution in [1.29, 1.82) is 0 Å². The van der Waals surface area contributed by atoms with Gasteiger partial charge in [-0.1, -0.05) is 0 Å². The molecule has 0 spiro atoms. The third kappa shape index (κ3) is 5.65. The van der Waals surface area contributed by atoms with Crippen LogP contribution in [0.3, 0.4) is 0 Å². The second-order valence-corrected chi connectivity index (χ2v) is 11.1. The SMILES string of the molecule is COc1ccc(CN2C(=O)C(C)(C)c3c(N4CCC(c5nc(C(=O)NN)ccc5NCCO)CC4)ncnc32)c(OC)c1. The van der Waals surface area contributed by atoms with Crippen molar-refractivity contribution in [2.24, 2.45) is 5.84 Å². The molecule has 0 saturated carbocycles. The molecule has 1 saturated heterocycles. The highest BCUT2D eigenvalue weighted by molar-refractivity contribution is 6.08. The van der Waals surface area contributed by atoms with Crippen LogP contribution < -0.4 is 35.9 Å². The van der Waals surface area contributed by atoms with Gasteiger partial charge in [0.05, 0.1) is 49.7 Å².